The van der Waals surface area contributed by atoms with Gasteiger partial charge in [-0.2, -0.15) is 0 Å². The molecule has 0 aliphatic heterocycles. The van der Waals surface area contributed by atoms with Gasteiger partial charge < -0.3 is 9.88 Å². The predicted octanol–water partition coefficient (Wildman–Crippen LogP) is 3.35. The highest BCUT2D eigenvalue weighted by Gasteiger charge is 2.54. The lowest BCUT2D eigenvalue weighted by atomic mass is 9.52. The summed E-state index contributed by atoms with van der Waals surface area (Å²) in [5.74, 6) is 2.28. The summed E-state index contributed by atoms with van der Waals surface area (Å²) in [7, 11) is 2.18. The van der Waals surface area contributed by atoms with Crippen LogP contribution in [0.15, 0.2) is 18.6 Å². The van der Waals surface area contributed by atoms with Gasteiger partial charge in [0.15, 0.2) is 0 Å². The molecule has 2 heterocycles. The van der Waals surface area contributed by atoms with Gasteiger partial charge in [0.2, 0.25) is 0 Å². The van der Waals surface area contributed by atoms with Crippen LogP contribution in [0.25, 0.3) is 11.0 Å². The molecule has 0 bridgehead atoms. The molecule has 23 heavy (non-hydrogen) atoms. The molecule has 0 radical (unpaired) electrons. The summed E-state index contributed by atoms with van der Waals surface area (Å²) in [5.41, 5.74) is 1.53. The van der Waals surface area contributed by atoms with Crippen LogP contribution in [0.4, 0.5) is 5.82 Å². The van der Waals surface area contributed by atoms with Crippen LogP contribution < -0.4 is 9.62 Å². The third-order valence-corrected chi connectivity index (χ3v) is 6.58. The number of nitrogens with one attached hydrogen (secondary N) is 2. The van der Waals surface area contributed by atoms with Gasteiger partial charge in [0, 0.05) is 31.1 Å². The number of aromatic nitrogens is 3. The van der Waals surface area contributed by atoms with Gasteiger partial charge in [-0.05, 0) is 43.6 Å². The molecule has 2 aromatic rings. The minimum absolute atomic E-state index is 0.605. The largest absolute Gasteiger partial charge is 0.356 e. The van der Waals surface area contributed by atoms with Crippen LogP contribution >= 0.6 is 11.9 Å². The zero-order chi connectivity index (χ0) is 15.9. The van der Waals surface area contributed by atoms with Gasteiger partial charge in [0.1, 0.15) is 17.8 Å². The number of nitrogens with zero attached hydrogens (tertiary/aromatic N) is 3. The molecule has 2 N–H and O–H groups in total. The molecule has 2 aliphatic carbocycles. The standard InChI is InChI=1S/C17H25N5S/c1-3-6-23-21-12-7-17(8-12)9-13(10-17)22(2)16-14-4-5-18-15(14)19-11-20-16/h4-5,11-13,21H,3,6-10H2,1-2H3,(H,18,19,20). The van der Waals surface area contributed by atoms with E-state index in [0.717, 1.165) is 22.9 Å². The van der Waals surface area contributed by atoms with Crippen LogP contribution in [0, 0.1) is 5.41 Å². The maximum atomic E-state index is 4.52. The van der Waals surface area contributed by atoms with Crippen molar-refractivity contribution in [2.75, 3.05) is 17.7 Å². The first kappa shape index (κ1) is 15.3. The van der Waals surface area contributed by atoms with E-state index in [1.165, 1.54) is 37.9 Å². The summed E-state index contributed by atoms with van der Waals surface area (Å²) in [6, 6.07) is 3.42. The topological polar surface area (TPSA) is 56.8 Å². The van der Waals surface area contributed by atoms with E-state index in [1.54, 1.807) is 6.33 Å². The predicted molar refractivity (Wildman–Crippen MR) is 96.7 cm³/mol. The Bertz CT molecular complexity index is 670. The Hall–Kier alpha value is -1.27. The molecule has 0 aromatic carbocycles. The van der Waals surface area contributed by atoms with Gasteiger partial charge in [0.25, 0.3) is 0 Å². The summed E-state index contributed by atoms with van der Waals surface area (Å²) < 4.78 is 3.62. The SMILES string of the molecule is CCCSNC1CC2(C1)CC(N(C)c1ncnc3[nH]ccc13)C2. The van der Waals surface area contributed by atoms with Gasteiger partial charge in [0.05, 0.1) is 5.39 Å². The van der Waals surface area contributed by atoms with Gasteiger partial charge in [-0.3, -0.25) is 4.72 Å². The average Bonchev–Trinajstić information content (AvgIpc) is 2.95. The Morgan fingerprint density at radius 2 is 2.17 bits per heavy atom. The first-order chi connectivity index (χ1) is 11.2. The fourth-order valence-corrected chi connectivity index (χ4v) is 4.93. The Morgan fingerprint density at radius 3 is 2.96 bits per heavy atom. The van der Waals surface area contributed by atoms with Crippen molar-refractivity contribution in [3.63, 3.8) is 0 Å². The van der Waals surface area contributed by atoms with Crippen LogP contribution in [0.5, 0.6) is 0 Å². The van der Waals surface area contributed by atoms with Gasteiger partial charge in [-0.25, -0.2) is 9.97 Å². The molecule has 1 spiro atoms. The van der Waals surface area contributed by atoms with Crippen molar-refractivity contribution in [2.45, 2.75) is 51.1 Å². The molecule has 0 atom stereocenters. The number of hydrogen-bond donors (Lipinski definition) is 2. The molecular formula is C17H25N5S. The zero-order valence-electron chi connectivity index (χ0n) is 13.9. The highest BCUT2D eigenvalue weighted by atomic mass is 32.2. The second-order valence-corrected chi connectivity index (χ2v) is 8.11. The zero-order valence-corrected chi connectivity index (χ0v) is 14.7. The highest BCUT2D eigenvalue weighted by Crippen LogP contribution is 2.57. The van der Waals surface area contributed by atoms with E-state index in [0.29, 0.717) is 11.5 Å². The number of aromatic amines is 1. The van der Waals surface area contributed by atoms with E-state index in [9.17, 15) is 0 Å². The molecule has 0 saturated heterocycles. The monoisotopic (exact) mass is 331 g/mol. The minimum atomic E-state index is 0.605. The molecule has 2 aliphatic rings. The number of fused-ring (bicyclic) bond motifs is 1. The van der Waals surface area contributed by atoms with E-state index in [4.69, 9.17) is 0 Å². The average molecular weight is 331 g/mol. The highest BCUT2D eigenvalue weighted by molar-refractivity contribution is 7.97. The third kappa shape index (κ3) is 2.72. The second kappa shape index (κ2) is 5.98. The second-order valence-electron chi connectivity index (χ2n) is 7.18. The Balaban J connectivity index is 1.33. The lowest BCUT2D eigenvalue weighted by Gasteiger charge is -2.59. The van der Waals surface area contributed by atoms with Crippen LogP contribution in [0.2, 0.25) is 0 Å². The molecule has 6 heteroatoms. The molecule has 2 fully saturated rings. The normalized spacial score (nSPS) is 29.5. The molecule has 4 rings (SSSR count). The number of anilines is 1. The van der Waals surface area contributed by atoms with Crippen molar-refractivity contribution in [3.8, 4) is 0 Å². The Morgan fingerprint density at radius 1 is 1.35 bits per heavy atom. The quantitative estimate of drug-likeness (QED) is 0.628. The summed E-state index contributed by atoms with van der Waals surface area (Å²) >= 11 is 1.90. The van der Waals surface area contributed by atoms with Crippen LogP contribution in [-0.4, -0.2) is 39.8 Å². The lowest BCUT2D eigenvalue weighted by molar-refractivity contribution is -0.0112. The van der Waals surface area contributed by atoms with E-state index in [-0.39, 0.29) is 0 Å². The van der Waals surface area contributed by atoms with E-state index >= 15 is 0 Å². The minimum Gasteiger partial charge on any atom is -0.356 e. The molecule has 2 saturated carbocycles. The van der Waals surface area contributed by atoms with E-state index < -0.39 is 0 Å². The lowest BCUT2D eigenvalue weighted by Crippen LogP contribution is -2.59. The first-order valence-electron chi connectivity index (χ1n) is 8.59. The summed E-state index contributed by atoms with van der Waals surface area (Å²) in [6.45, 7) is 2.23. The number of H-pyrrole nitrogens is 1. The molecule has 0 amide bonds. The molecule has 2 aromatic heterocycles. The molecule has 5 nitrogen and oxygen atoms in total. The Kier molecular flexibility index (Phi) is 3.97. The van der Waals surface area contributed by atoms with Gasteiger partial charge in [-0.15, -0.1) is 0 Å². The molecular weight excluding hydrogens is 306 g/mol. The van der Waals surface area contributed by atoms with Crippen LogP contribution in [-0.2, 0) is 0 Å². The van der Waals surface area contributed by atoms with Gasteiger partial charge in [-0.1, -0.05) is 18.9 Å². The maximum Gasteiger partial charge on any atom is 0.142 e. The van der Waals surface area contributed by atoms with Crippen molar-refractivity contribution >= 4 is 28.8 Å². The summed E-state index contributed by atoms with van der Waals surface area (Å²) in [4.78, 5) is 14.3. The first-order valence-corrected chi connectivity index (χ1v) is 9.57. The van der Waals surface area contributed by atoms with Crippen molar-refractivity contribution in [2.24, 2.45) is 5.41 Å². The summed E-state index contributed by atoms with van der Waals surface area (Å²) in [6.07, 6.45) is 10.1. The van der Waals surface area contributed by atoms with E-state index in [2.05, 4.69) is 44.6 Å². The van der Waals surface area contributed by atoms with E-state index in [1.807, 2.05) is 18.1 Å². The van der Waals surface area contributed by atoms with Crippen LogP contribution in [0.1, 0.15) is 39.0 Å². The van der Waals surface area contributed by atoms with Crippen LogP contribution in [0.3, 0.4) is 0 Å². The molecule has 124 valence electrons. The third-order valence-electron chi connectivity index (χ3n) is 5.47. The fraction of sp³-hybridized carbons (Fsp3) is 0.647. The maximum absolute atomic E-state index is 4.52. The fourth-order valence-electron chi connectivity index (χ4n) is 4.21. The van der Waals surface area contributed by atoms with Crippen molar-refractivity contribution in [3.05, 3.63) is 18.6 Å². The number of hydrogen-bond acceptors (Lipinski definition) is 5. The molecule has 0 unspecified atom stereocenters. The van der Waals surface area contributed by atoms with Crippen molar-refractivity contribution < 1.29 is 0 Å². The number of rotatable bonds is 6. The van der Waals surface area contributed by atoms with Gasteiger partial charge >= 0.3 is 0 Å². The smallest absolute Gasteiger partial charge is 0.142 e. The Labute approximate surface area is 141 Å². The summed E-state index contributed by atoms with van der Waals surface area (Å²) in [5, 5.41) is 1.13. The van der Waals surface area contributed by atoms with Crippen molar-refractivity contribution in [1.29, 1.82) is 0 Å². The van der Waals surface area contributed by atoms with Crippen molar-refractivity contribution in [1.82, 2.24) is 19.7 Å².